The van der Waals surface area contributed by atoms with E-state index in [1.54, 1.807) is 12.1 Å². The Morgan fingerprint density at radius 3 is 2.50 bits per heavy atom. The van der Waals surface area contributed by atoms with Gasteiger partial charge in [-0.1, -0.05) is 42.5 Å². The summed E-state index contributed by atoms with van der Waals surface area (Å²) in [5, 5.41) is 2.30. The summed E-state index contributed by atoms with van der Waals surface area (Å²) in [6.07, 6.45) is 1.93. The molecule has 2 aromatic heterocycles. The van der Waals surface area contributed by atoms with E-state index in [9.17, 15) is 9.18 Å². The molecule has 2 heterocycles. The third kappa shape index (κ3) is 2.95. The van der Waals surface area contributed by atoms with Gasteiger partial charge < -0.3 is 13.9 Å². The molecule has 30 heavy (non-hydrogen) atoms. The van der Waals surface area contributed by atoms with E-state index in [1.165, 1.54) is 19.2 Å². The molecule has 5 rings (SSSR count). The van der Waals surface area contributed by atoms with E-state index < -0.39 is 5.97 Å². The standard InChI is InChI=1S/C25H19FN2O2/c1-30-25(29)24-15-23-22(13-14-27(23)20-11-9-19(26)10-12-20)28(24)16-18-7-4-6-17-5-2-3-8-21(17)18/h2-15H,16H2,1H3. The lowest BCUT2D eigenvalue weighted by molar-refractivity contribution is 0.0589. The van der Waals surface area contributed by atoms with Crippen molar-refractivity contribution in [3.63, 3.8) is 0 Å². The van der Waals surface area contributed by atoms with Gasteiger partial charge in [-0.2, -0.15) is 0 Å². The number of methoxy groups -OCH3 is 1. The summed E-state index contributed by atoms with van der Waals surface area (Å²) in [6, 6.07) is 24.5. The van der Waals surface area contributed by atoms with Crippen LogP contribution in [0.15, 0.2) is 85.1 Å². The van der Waals surface area contributed by atoms with Gasteiger partial charge in [-0.15, -0.1) is 0 Å². The Morgan fingerprint density at radius 1 is 0.933 bits per heavy atom. The molecule has 0 fully saturated rings. The first kappa shape index (κ1) is 18.2. The molecule has 0 unspecified atom stereocenters. The predicted molar refractivity (Wildman–Crippen MR) is 116 cm³/mol. The number of nitrogens with zero attached hydrogens (tertiary/aromatic N) is 2. The van der Waals surface area contributed by atoms with Gasteiger partial charge in [0.05, 0.1) is 18.1 Å². The van der Waals surface area contributed by atoms with E-state index in [0.717, 1.165) is 33.1 Å². The van der Waals surface area contributed by atoms with Crippen LogP contribution in [-0.2, 0) is 11.3 Å². The normalized spacial score (nSPS) is 11.3. The zero-order chi connectivity index (χ0) is 20.7. The Morgan fingerprint density at radius 2 is 1.70 bits per heavy atom. The van der Waals surface area contributed by atoms with Crippen molar-refractivity contribution in [1.29, 1.82) is 0 Å². The van der Waals surface area contributed by atoms with Gasteiger partial charge in [-0.05, 0) is 52.7 Å². The van der Waals surface area contributed by atoms with Crippen molar-refractivity contribution in [3.8, 4) is 5.69 Å². The van der Waals surface area contributed by atoms with E-state index in [1.807, 2.05) is 45.7 Å². The van der Waals surface area contributed by atoms with Crippen LogP contribution in [-0.4, -0.2) is 22.2 Å². The number of hydrogen-bond donors (Lipinski definition) is 0. The van der Waals surface area contributed by atoms with Crippen LogP contribution in [0, 0.1) is 5.82 Å². The van der Waals surface area contributed by atoms with Crippen LogP contribution in [0.2, 0.25) is 0 Å². The maximum Gasteiger partial charge on any atom is 0.354 e. The molecule has 5 heteroatoms. The van der Waals surface area contributed by atoms with E-state index in [2.05, 4.69) is 24.3 Å². The fourth-order valence-electron chi connectivity index (χ4n) is 4.01. The van der Waals surface area contributed by atoms with Crippen molar-refractivity contribution in [2.75, 3.05) is 7.11 Å². The first-order valence-electron chi connectivity index (χ1n) is 9.67. The van der Waals surface area contributed by atoms with E-state index >= 15 is 0 Å². The second-order valence-electron chi connectivity index (χ2n) is 7.18. The fourth-order valence-corrected chi connectivity index (χ4v) is 4.01. The molecule has 148 valence electrons. The summed E-state index contributed by atoms with van der Waals surface area (Å²) in [6.45, 7) is 0.530. The number of carbonyl (C=O) groups excluding carboxylic acids is 1. The van der Waals surface area contributed by atoms with E-state index in [0.29, 0.717) is 12.2 Å². The van der Waals surface area contributed by atoms with Crippen molar-refractivity contribution >= 4 is 27.8 Å². The number of fused-ring (bicyclic) bond motifs is 2. The molecule has 5 aromatic rings. The summed E-state index contributed by atoms with van der Waals surface area (Å²) in [4.78, 5) is 12.5. The third-order valence-corrected chi connectivity index (χ3v) is 5.47. The number of carbonyl (C=O) groups is 1. The summed E-state index contributed by atoms with van der Waals surface area (Å²) >= 11 is 0. The van der Waals surface area contributed by atoms with Gasteiger partial charge in [0, 0.05) is 18.4 Å². The van der Waals surface area contributed by atoms with Crippen molar-refractivity contribution < 1.29 is 13.9 Å². The number of hydrogen-bond acceptors (Lipinski definition) is 2. The molecule has 3 aromatic carbocycles. The van der Waals surface area contributed by atoms with Crippen molar-refractivity contribution in [2.24, 2.45) is 0 Å². The maximum absolute atomic E-state index is 13.4. The number of rotatable bonds is 4. The maximum atomic E-state index is 13.4. The van der Waals surface area contributed by atoms with Gasteiger partial charge in [0.2, 0.25) is 0 Å². The number of aromatic nitrogens is 2. The minimum Gasteiger partial charge on any atom is -0.464 e. The molecule has 0 aliphatic heterocycles. The monoisotopic (exact) mass is 398 g/mol. The summed E-state index contributed by atoms with van der Waals surface area (Å²) in [7, 11) is 1.39. The Kier molecular flexibility index (Phi) is 4.36. The van der Waals surface area contributed by atoms with Crippen molar-refractivity contribution in [3.05, 3.63) is 102 Å². The Hall–Kier alpha value is -3.86. The average Bonchev–Trinajstić information content (AvgIpc) is 3.34. The van der Waals surface area contributed by atoms with Crippen molar-refractivity contribution in [2.45, 2.75) is 6.54 Å². The molecule has 0 saturated carbocycles. The summed E-state index contributed by atoms with van der Waals surface area (Å²) in [5.74, 6) is -0.678. The molecule has 0 atom stereocenters. The zero-order valence-corrected chi connectivity index (χ0v) is 16.4. The highest BCUT2D eigenvalue weighted by Crippen LogP contribution is 2.28. The molecular weight excluding hydrogens is 379 g/mol. The Bertz CT molecular complexity index is 1370. The highest BCUT2D eigenvalue weighted by Gasteiger charge is 2.19. The quantitative estimate of drug-likeness (QED) is 0.372. The molecule has 0 amide bonds. The minimum absolute atomic E-state index is 0.286. The van der Waals surface area contributed by atoms with Crippen LogP contribution in [0.25, 0.3) is 27.5 Å². The van der Waals surface area contributed by atoms with Crippen LogP contribution < -0.4 is 0 Å². The molecular formula is C25H19FN2O2. The smallest absolute Gasteiger partial charge is 0.354 e. The van der Waals surface area contributed by atoms with Crippen LogP contribution in [0.3, 0.4) is 0 Å². The SMILES string of the molecule is COC(=O)c1cc2c(ccn2-c2ccc(F)cc2)n1Cc1cccc2ccccc12. The van der Waals surface area contributed by atoms with Gasteiger partial charge in [-0.25, -0.2) is 9.18 Å². The lowest BCUT2D eigenvalue weighted by Crippen LogP contribution is -2.11. The highest BCUT2D eigenvalue weighted by molar-refractivity contribution is 5.95. The molecule has 0 spiro atoms. The Balaban J connectivity index is 1.68. The molecule has 0 N–H and O–H groups in total. The second-order valence-corrected chi connectivity index (χ2v) is 7.18. The van der Waals surface area contributed by atoms with Crippen molar-refractivity contribution in [1.82, 2.24) is 9.13 Å². The summed E-state index contributed by atoms with van der Waals surface area (Å²) in [5.41, 5.74) is 4.19. The largest absolute Gasteiger partial charge is 0.464 e. The van der Waals surface area contributed by atoms with Gasteiger partial charge in [0.15, 0.2) is 0 Å². The topological polar surface area (TPSA) is 36.2 Å². The van der Waals surface area contributed by atoms with Gasteiger partial charge in [0.1, 0.15) is 11.5 Å². The van der Waals surface area contributed by atoms with E-state index in [-0.39, 0.29) is 5.82 Å². The first-order valence-corrected chi connectivity index (χ1v) is 9.67. The van der Waals surface area contributed by atoms with Gasteiger partial charge >= 0.3 is 5.97 Å². The zero-order valence-electron chi connectivity index (χ0n) is 16.4. The fraction of sp³-hybridized carbons (Fsp3) is 0.0800. The van der Waals surface area contributed by atoms with Crippen LogP contribution in [0.4, 0.5) is 4.39 Å². The lowest BCUT2D eigenvalue weighted by Gasteiger charge is -2.11. The third-order valence-electron chi connectivity index (χ3n) is 5.47. The molecule has 0 saturated heterocycles. The average molecular weight is 398 g/mol. The first-order chi connectivity index (χ1) is 14.7. The van der Waals surface area contributed by atoms with Gasteiger partial charge in [0.25, 0.3) is 0 Å². The van der Waals surface area contributed by atoms with Crippen LogP contribution >= 0.6 is 0 Å². The molecule has 0 aliphatic carbocycles. The van der Waals surface area contributed by atoms with Gasteiger partial charge in [-0.3, -0.25) is 0 Å². The predicted octanol–water partition coefficient (Wildman–Crippen LogP) is 5.56. The van der Waals surface area contributed by atoms with E-state index in [4.69, 9.17) is 4.74 Å². The lowest BCUT2D eigenvalue weighted by atomic mass is 10.0. The molecule has 0 aliphatic rings. The highest BCUT2D eigenvalue weighted by atomic mass is 19.1. The molecule has 0 radical (unpaired) electrons. The van der Waals surface area contributed by atoms with Crippen LogP contribution in [0.5, 0.6) is 0 Å². The molecule has 0 bridgehead atoms. The molecule has 4 nitrogen and oxygen atoms in total. The number of esters is 1. The summed E-state index contributed by atoms with van der Waals surface area (Å²) < 4.78 is 22.3. The Labute approximate surface area is 172 Å². The minimum atomic E-state index is -0.392. The number of benzene rings is 3. The van der Waals surface area contributed by atoms with Crippen LogP contribution in [0.1, 0.15) is 16.1 Å². The number of ether oxygens (including phenoxy) is 1. The second kappa shape index (κ2) is 7.19. The number of halogens is 1.